The summed E-state index contributed by atoms with van der Waals surface area (Å²) in [6.07, 6.45) is 0.872. The van der Waals surface area contributed by atoms with Crippen LogP contribution < -0.4 is 5.32 Å². The third-order valence-corrected chi connectivity index (χ3v) is 5.64. The molecule has 5 heteroatoms. The van der Waals surface area contributed by atoms with Crippen molar-refractivity contribution in [1.82, 2.24) is 9.62 Å². The number of benzene rings is 1. The monoisotopic (exact) mass is 296 g/mol. The van der Waals surface area contributed by atoms with E-state index < -0.39 is 10.0 Å². The van der Waals surface area contributed by atoms with Crippen LogP contribution in [0.1, 0.15) is 25.8 Å². The normalized spacial score (nSPS) is 21.9. The van der Waals surface area contributed by atoms with E-state index in [-0.39, 0.29) is 11.8 Å². The summed E-state index contributed by atoms with van der Waals surface area (Å²) in [6.45, 7) is 6.42. The Bertz CT molecular complexity index is 514. The van der Waals surface area contributed by atoms with Gasteiger partial charge in [-0.05, 0) is 24.4 Å². The van der Waals surface area contributed by atoms with Crippen LogP contribution in [0.4, 0.5) is 0 Å². The van der Waals surface area contributed by atoms with Crippen LogP contribution in [0.15, 0.2) is 30.3 Å². The number of nitrogens with zero attached hydrogens (tertiary/aromatic N) is 1. The van der Waals surface area contributed by atoms with E-state index >= 15 is 0 Å². The van der Waals surface area contributed by atoms with Gasteiger partial charge < -0.3 is 5.32 Å². The molecule has 1 atom stereocenters. The van der Waals surface area contributed by atoms with E-state index in [1.54, 1.807) is 4.31 Å². The highest BCUT2D eigenvalue weighted by Gasteiger charge is 2.32. The Morgan fingerprint density at radius 2 is 2.00 bits per heavy atom. The highest BCUT2D eigenvalue weighted by Crippen LogP contribution is 2.20. The predicted octanol–water partition coefficient (Wildman–Crippen LogP) is 1.84. The first-order valence-corrected chi connectivity index (χ1v) is 8.86. The lowest BCUT2D eigenvalue weighted by atomic mass is 10.1. The molecule has 0 bridgehead atoms. The van der Waals surface area contributed by atoms with E-state index in [1.165, 1.54) is 0 Å². The number of hydrogen-bond acceptors (Lipinski definition) is 3. The van der Waals surface area contributed by atoms with Crippen LogP contribution in [0.5, 0.6) is 0 Å². The summed E-state index contributed by atoms with van der Waals surface area (Å²) in [6, 6.07) is 9.47. The minimum Gasteiger partial charge on any atom is -0.315 e. The van der Waals surface area contributed by atoms with E-state index in [9.17, 15) is 8.42 Å². The molecular weight excluding hydrogens is 272 g/mol. The Morgan fingerprint density at radius 3 is 2.65 bits per heavy atom. The molecule has 1 saturated heterocycles. The van der Waals surface area contributed by atoms with Crippen LogP contribution >= 0.6 is 0 Å². The topological polar surface area (TPSA) is 49.4 Å². The molecule has 0 saturated carbocycles. The SMILES string of the molecule is CC(C)C1CNCCCN1S(=O)(=O)Cc1ccccc1. The number of nitrogens with one attached hydrogen (secondary N) is 1. The zero-order valence-electron chi connectivity index (χ0n) is 12.2. The van der Waals surface area contributed by atoms with Crippen LogP contribution in [-0.4, -0.2) is 38.4 Å². The van der Waals surface area contributed by atoms with Crippen molar-refractivity contribution >= 4 is 10.0 Å². The van der Waals surface area contributed by atoms with Gasteiger partial charge in [-0.2, -0.15) is 4.31 Å². The van der Waals surface area contributed by atoms with Gasteiger partial charge in [-0.1, -0.05) is 44.2 Å². The van der Waals surface area contributed by atoms with Crippen LogP contribution in [0, 0.1) is 5.92 Å². The first kappa shape index (κ1) is 15.5. The summed E-state index contributed by atoms with van der Waals surface area (Å²) in [5, 5.41) is 3.34. The van der Waals surface area contributed by atoms with Gasteiger partial charge in [0.2, 0.25) is 10.0 Å². The lowest BCUT2D eigenvalue weighted by molar-refractivity contribution is 0.271. The Kier molecular flexibility index (Phi) is 5.18. The van der Waals surface area contributed by atoms with Crippen LogP contribution in [-0.2, 0) is 15.8 Å². The highest BCUT2D eigenvalue weighted by molar-refractivity contribution is 7.88. The third kappa shape index (κ3) is 3.81. The second-order valence-corrected chi connectivity index (χ2v) is 7.64. The van der Waals surface area contributed by atoms with E-state index in [0.29, 0.717) is 12.5 Å². The van der Waals surface area contributed by atoms with Crippen LogP contribution in [0.25, 0.3) is 0 Å². The maximum Gasteiger partial charge on any atom is 0.218 e. The molecule has 4 nitrogen and oxygen atoms in total. The fraction of sp³-hybridized carbons (Fsp3) is 0.600. The van der Waals surface area contributed by atoms with Crippen LogP contribution in [0.3, 0.4) is 0 Å². The van der Waals surface area contributed by atoms with Crippen molar-refractivity contribution in [2.24, 2.45) is 5.92 Å². The summed E-state index contributed by atoms with van der Waals surface area (Å²) in [5.41, 5.74) is 0.854. The molecule has 1 unspecified atom stereocenters. The van der Waals surface area contributed by atoms with Gasteiger partial charge in [0.05, 0.1) is 5.75 Å². The zero-order valence-corrected chi connectivity index (χ0v) is 13.1. The first-order valence-electron chi connectivity index (χ1n) is 7.25. The van der Waals surface area contributed by atoms with Crippen molar-refractivity contribution in [3.05, 3.63) is 35.9 Å². The summed E-state index contributed by atoms with van der Waals surface area (Å²) in [5.74, 6) is 0.406. The lowest BCUT2D eigenvalue weighted by Gasteiger charge is -2.31. The van der Waals surface area contributed by atoms with Gasteiger partial charge in [0.1, 0.15) is 0 Å². The van der Waals surface area contributed by atoms with E-state index in [4.69, 9.17) is 0 Å². The van der Waals surface area contributed by atoms with Crippen molar-refractivity contribution in [3.63, 3.8) is 0 Å². The quantitative estimate of drug-likeness (QED) is 0.922. The molecule has 0 aliphatic carbocycles. The molecule has 1 N–H and O–H groups in total. The average Bonchev–Trinajstić information content (AvgIpc) is 2.65. The second-order valence-electron chi connectivity index (χ2n) is 5.72. The van der Waals surface area contributed by atoms with Gasteiger partial charge in [0.15, 0.2) is 0 Å². The standard InChI is InChI=1S/C15H24N2O2S/c1-13(2)15-11-16-9-6-10-17(15)20(18,19)12-14-7-4-3-5-8-14/h3-5,7-8,13,15-16H,6,9-12H2,1-2H3. The molecular formula is C15H24N2O2S. The molecule has 0 radical (unpaired) electrons. The van der Waals surface area contributed by atoms with Gasteiger partial charge in [-0.15, -0.1) is 0 Å². The molecule has 0 amide bonds. The summed E-state index contributed by atoms with van der Waals surface area (Å²) in [7, 11) is -3.26. The van der Waals surface area contributed by atoms with Crippen molar-refractivity contribution < 1.29 is 8.42 Å². The molecule has 0 spiro atoms. The maximum atomic E-state index is 12.7. The Labute approximate surface area is 122 Å². The minimum absolute atomic E-state index is 0.0474. The van der Waals surface area contributed by atoms with Crippen LogP contribution in [0.2, 0.25) is 0 Å². The smallest absolute Gasteiger partial charge is 0.218 e. The number of hydrogen-bond donors (Lipinski definition) is 1. The zero-order chi connectivity index (χ0) is 14.6. The van der Waals surface area contributed by atoms with Gasteiger partial charge >= 0.3 is 0 Å². The highest BCUT2D eigenvalue weighted by atomic mass is 32.2. The average molecular weight is 296 g/mol. The molecule has 20 heavy (non-hydrogen) atoms. The Balaban J connectivity index is 2.21. The van der Waals surface area contributed by atoms with E-state index in [1.807, 2.05) is 30.3 Å². The Morgan fingerprint density at radius 1 is 1.30 bits per heavy atom. The summed E-state index contributed by atoms with van der Waals surface area (Å²) in [4.78, 5) is 0. The minimum atomic E-state index is -3.26. The molecule has 1 aliphatic heterocycles. The van der Waals surface area contributed by atoms with Crippen molar-refractivity contribution in [3.8, 4) is 0 Å². The lowest BCUT2D eigenvalue weighted by Crippen LogP contribution is -2.46. The van der Waals surface area contributed by atoms with Crippen molar-refractivity contribution in [1.29, 1.82) is 0 Å². The molecule has 0 aromatic heterocycles. The molecule has 112 valence electrons. The van der Waals surface area contributed by atoms with Crippen molar-refractivity contribution in [2.45, 2.75) is 32.1 Å². The molecule has 2 rings (SSSR count). The molecule has 1 aromatic rings. The van der Waals surface area contributed by atoms with Gasteiger partial charge in [-0.25, -0.2) is 8.42 Å². The van der Waals surface area contributed by atoms with Crippen molar-refractivity contribution in [2.75, 3.05) is 19.6 Å². The fourth-order valence-electron chi connectivity index (χ4n) is 2.66. The van der Waals surface area contributed by atoms with Gasteiger partial charge in [0.25, 0.3) is 0 Å². The molecule has 1 aliphatic rings. The summed E-state index contributed by atoms with van der Waals surface area (Å²) < 4.78 is 27.2. The first-order chi connectivity index (χ1) is 9.50. The number of rotatable bonds is 4. The molecule has 1 heterocycles. The summed E-state index contributed by atoms with van der Waals surface area (Å²) >= 11 is 0. The fourth-order valence-corrected chi connectivity index (χ4v) is 4.58. The molecule has 1 aromatic carbocycles. The van der Waals surface area contributed by atoms with E-state index in [0.717, 1.165) is 25.1 Å². The van der Waals surface area contributed by atoms with Gasteiger partial charge in [-0.3, -0.25) is 0 Å². The Hall–Kier alpha value is -0.910. The molecule has 1 fully saturated rings. The van der Waals surface area contributed by atoms with E-state index in [2.05, 4.69) is 19.2 Å². The number of sulfonamides is 1. The predicted molar refractivity (Wildman–Crippen MR) is 81.9 cm³/mol. The second kappa shape index (κ2) is 6.70. The largest absolute Gasteiger partial charge is 0.315 e. The maximum absolute atomic E-state index is 12.7. The van der Waals surface area contributed by atoms with Gasteiger partial charge in [0, 0.05) is 19.1 Å². The third-order valence-electron chi connectivity index (χ3n) is 3.77.